The Bertz CT molecular complexity index is 554. The summed E-state index contributed by atoms with van der Waals surface area (Å²) in [6.45, 7) is 2.87. The molecule has 0 radical (unpaired) electrons. The van der Waals surface area contributed by atoms with Gasteiger partial charge in [-0.2, -0.15) is 0 Å². The smallest absolute Gasteiger partial charge is 0.226 e. The highest BCUT2D eigenvalue weighted by Gasteiger charge is 2.35. The van der Waals surface area contributed by atoms with Crippen molar-refractivity contribution in [3.8, 4) is 0 Å². The quantitative estimate of drug-likeness (QED) is 0.868. The molecule has 3 heterocycles. The van der Waals surface area contributed by atoms with Crippen molar-refractivity contribution in [3.05, 3.63) is 30.1 Å². The van der Waals surface area contributed by atoms with Crippen LogP contribution in [0.1, 0.15) is 24.4 Å². The SMILES string of the molecule is CN1CCC(C(=O)N2CCNCC2c2cccnc2)CC1=O.Cl. The molecular weight excluding hydrogens is 316 g/mol. The van der Waals surface area contributed by atoms with Crippen LogP contribution < -0.4 is 5.32 Å². The van der Waals surface area contributed by atoms with Gasteiger partial charge in [-0.15, -0.1) is 12.4 Å². The molecule has 0 spiro atoms. The van der Waals surface area contributed by atoms with E-state index in [9.17, 15) is 9.59 Å². The molecule has 2 aliphatic heterocycles. The average molecular weight is 339 g/mol. The Balaban J connectivity index is 0.00000192. The second kappa shape index (κ2) is 7.75. The standard InChI is InChI=1S/C16H22N4O2.ClH/c1-19-7-4-12(9-15(19)21)16(22)20-8-6-18-11-14(20)13-3-2-5-17-10-13;/h2-3,5,10,12,14,18H,4,6-9,11H2,1H3;1H. The summed E-state index contributed by atoms with van der Waals surface area (Å²) < 4.78 is 0. The van der Waals surface area contributed by atoms with Gasteiger partial charge in [-0.1, -0.05) is 6.07 Å². The van der Waals surface area contributed by atoms with E-state index in [1.54, 1.807) is 18.1 Å². The Hall–Kier alpha value is -1.66. The van der Waals surface area contributed by atoms with Crippen LogP contribution in [0, 0.1) is 5.92 Å². The van der Waals surface area contributed by atoms with Gasteiger partial charge in [0.05, 0.1) is 6.04 Å². The molecule has 2 saturated heterocycles. The first kappa shape index (κ1) is 17.7. The molecule has 2 unspecified atom stereocenters. The molecule has 1 aromatic rings. The minimum atomic E-state index is -0.180. The second-order valence-corrected chi connectivity index (χ2v) is 6.04. The number of piperidine rings is 1. The fourth-order valence-electron chi connectivity index (χ4n) is 3.23. The van der Waals surface area contributed by atoms with Crippen molar-refractivity contribution in [1.82, 2.24) is 20.1 Å². The Kier molecular flexibility index (Phi) is 5.96. The zero-order chi connectivity index (χ0) is 15.5. The number of amides is 2. The molecular formula is C16H23ClN4O2. The lowest BCUT2D eigenvalue weighted by Gasteiger charge is -2.39. The van der Waals surface area contributed by atoms with Crippen molar-refractivity contribution < 1.29 is 9.59 Å². The van der Waals surface area contributed by atoms with E-state index in [0.29, 0.717) is 19.5 Å². The Morgan fingerprint density at radius 3 is 2.91 bits per heavy atom. The number of piperazine rings is 1. The van der Waals surface area contributed by atoms with Crippen LogP contribution in [0.25, 0.3) is 0 Å². The van der Waals surface area contributed by atoms with E-state index in [1.807, 2.05) is 23.2 Å². The third-order valence-electron chi connectivity index (χ3n) is 4.60. The number of pyridine rings is 1. The largest absolute Gasteiger partial charge is 0.346 e. The van der Waals surface area contributed by atoms with Gasteiger partial charge < -0.3 is 15.1 Å². The Morgan fingerprint density at radius 2 is 2.22 bits per heavy atom. The van der Waals surface area contributed by atoms with Gasteiger partial charge >= 0.3 is 0 Å². The fourth-order valence-corrected chi connectivity index (χ4v) is 3.23. The molecule has 6 nitrogen and oxygen atoms in total. The van der Waals surface area contributed by atoms with Crippen LogP contribution in [0.4, 0.5) is 0 Å². The average Bonchev–Trinajstić information content (AvgIpc) is 2.57. The number of carbonyl (C=O) groups is 2. The molecule has 1 N–H and O–H groups in total. The van der Waals surface area contributed by atoms with Crippen LogP contribution in [0.15, 0.2) is 24.5 Å². The fraction of sp³-hybridized carbons (Fsp3) is 0.562. The zero-order valence-electron chi connectivity index (χ0n) is 13.3. The molecule has 7 heteroatoms. The number of nitrogens with zero attached hydrogens (tertiary/aromatic N) is 3. The monoisotopic (exact) mass is 338 g/mol. The topological polar surface area (TPSA) is 65.5 Å². The summed E-state index contributed by atoms with van der Waals surface area (Å²) in [6.07, 6.45) is 4.64. The minimum absolute atomic E-state index is 0. The van der Waals surface area contributed by atoms with Crippen molar-refractivity contribution in [2.24, 2.45) is 5.92 Å². The highest BCUT2D eigenvalue weighted by Crippen LogP contribution is 2.27. The van der Waals surface area contributed by atoms with E-state index in [2.05, 4.69) is 10.3 Å². The van der Waals surface area contributed by atoms with Crippen molar-refractivity contribution in [1.29, 1.82) is 0 Å². The van der Waals surface area contributed by atoms with E-state index < -0.39 is 0 Å². The molecule has 0 bridgehead atoms. The first-order chi connectivity index (χ1) is 10.7. The molecule has 0 aromatic carbocycles. The normalized spacial score (nSPS) is 25.0. The van der Waals surface area contributed by atoms with Gasteiger partial charge in [0.25, 0.3) is 0 Å². The summed E-state index contributed by atoms with van der Waals surface area (Å²) in [4.78, 5) is 32.6. The van der Waals surface area contributed by atoms with Gasteiger partial charge in [-0.25, -0.2) is 0 Å². The van der Waals surface area contributed by atoms with Crippen molar-refractivity contribution >= 4 is 24.2 Å². The highest BCUT2D eigenvalue weighted by atomic mass is 35.5. The number of rotatable bonds is 2. The van der Waals surface area contributed by atoms with Crippen LogP contribution >= 0.6 is 12.4 Å². The number of hydrogen-bond acceptors (Lipinski definition) is 4. The summed E-state index contributed by atoms with van der Waals surface area (Å²) in [5.74, 6) is -0.00423. The highest BCUT2D eigenvalue weighted by molar-refractivity contribution is 5.87. The van der Waals surface area contributed by atoms with E-state index >= 15 is 0 Å². The number of likely N-dealkylation sites (tertiary alicyclic amines) is 1. The van der Waals surface area contributed by atoms with Crippen LogP contribution in [-0.4, -0.2) is 59.8 Å². The van der Waals surface area contributed by atoms with Gasteiger partial charge in [0.2, 0.25) is 11.8 Å². The molecule has 1 aromatic heterocycles. The van der Waals surface area contributed by atoms with Gasteiger partial charge in [0.15, 0.2) is 0 Å². The molecule has 2 fully saturated rings. The third kappa shape index (κ3) is 3.82. The Labute approximate surface area is 142 Å². The molecule has 2 atom stereocenters. The molecule has 126 valence electrons. The van der Waals surface area contributed by atoms with Gasteiger partial charge in [-0.05, 0) is 18.1 Å². The lowest BCUT2D eigenvalue weighted by atomic mass is 9.93. The minimum Gasteiger partial charge on any atom is -0.346 e. The summed E-state index contributed by atoms with van der Waals surface area (Å²) >= 11 is 0. The molecule has 2 amide bonds. The maximum absolute atomic E-state index is 12.9. The first-order valence-electron chi connectivity index (χ1n) is 7.82. The summed E-state index contributed by atoms with van der Waals surface area (Å²) in [7, 11) is 1.80. The van der Waals surface area contributed by atoms with Gasteiger partial charge in [-0.3, -0.25) is 14.6 Å². The van der Waals surface area contributed by atoms with E-state index in [4.69, 9.17) is 0 Å². The van der Waals surface area contributed by atoms with Crippen LogP contribution in [0.5, 0.6) is 0 Å². The number of halogens is 1. The predicted molar refractivity (Wildman–Crippen MR) is 89.2 cm³/mol. The number of hydrogen-bond donors (Lipinski definition) is 1. The zero-order valence-corrected chi connectivity index (χ0v) is 14.1. The number of carbonyl (C=O) groups excluding carboxylic acids is 2. The molecule has 2 aliphatic rings. The molecule has 3 rings (SSSR count). The lowest BCUT2D eigenvalue weighted by Crippen LogP contribution is -2.52. The van der Waals surface area contributed by atoms with Crippen molar-refractivity contribution in [2.45, 2.75) is 18.9 Å². The van der Waals surface area contributed by atoms with Crippen molar-refractivity contribution in [3.63, 3.8) is 0 Å². The second-order valence-electron chi connectivity index (χ2n) is 6.04. The maximum Gasteiger partial charge on any atom is 0.226 e. The third-order valence-corrected chi connectivity index (χ3v) is 4.60. The van der Waals surface area contributed by atoms with Crippen LogP contribution in [0.3, 0.4) is 0 Å². The van der Waals surface area contributed by atoms with Gasteiger partial charge in [0, 0.05) is 58.0 Å². The number of aromatic nitrogens is 1. The molecule has 23 heavy (non-hydrogen) atoms. The number of nitrogens with one attached hydrogen (secondary N) is 1. The van der Waals surface area contributed by atoms with Crippen LogP contribution in [0.2, 0.25) is 0 Å². The molecule has 0 saturated carbocycles. The summed E-state index contributed by atoms with van der Waals surface area (Å²) in [5.41, 5.74) is 1.04. The lowest BCUT2D eigenvalue weighted by molar-refractivity contribution is -0.146. The van der Waals surface area contributed by atoms with Crippen LogP contribution in [-0.2, 0) is 9.59 Å². The maximum atomic E-state index is 12.9. The summed E-state index contributed by atoms with van der Waals surface area (Å²) in [5, 5.41) is 3.34. The predicted octanol–water partition coefficient (Wildman–Crippen LogP) is 0.845. The van der Waals surface area contributed by atoms with E-state index in [0.717, 1.165) is 25.1 Å². The van der Waals surface area contributed by atoms with Gasteiger partial charge in [0.1, 0.15) is 0 Å². The van der Waals surface area contributed by atoms with E-state index in [-0.39, 0.29) is 36.2 Å². The van der Waals surface area contributed by atoms with E-state index in [1.165, 1.54) is 0 Å². The summed E-state index contributed by atoms with van der Waals surface area (Å²) in [6, 6.07) is 3.90. The Morgan fingerprint density at radius 1 is 1.39 bits per heavy atom. The molecule has 0 aliphatic carbocycles. The van der Waals surface area contributed by atoms with Crippen molar-refractivity contribution in [2.75, 3.05) is 33.2 Å². The first-order valence-corrected chi connectivity index (χ1v) is 7.82.